The first kappa shape index (κ1) is 25.1. The maximum atomic E-state index is 14.0. The van der Waals surface area contributed by atoms with E-state index in [1.807, 2.05) is 0 Å². The van der Waals surface area contributed by atoms with Gasteiger partial charge in [-0.2, -0.15) is 13.2 Å². The van der Waals surface area contributed by atoms with E-state index in [9.17, 15) is 26.7 Å². The van der Waals surface area contributed by atoms with Crippen molar-refractivity contribution in [2.24, 2.45) is 0 Å². The Labute approximate surface area is 194 Å². The molecule has 0 aliphatic rings. The van der Waals surface area contributed by atoms with Crippen LogP contribution >= 0.6 is 0 Å². The first-order valence-corrected chi connectivity index (χ1v) is 10.6. The average Bonchev–Trinajstić information content (AvgIpc) is 2.80. The van der Waals surface area contributed by atoms with Crippen LogP contribution in [0.4, 0.5) is 27.6 Å². The molecule has 3 rings (SSSR count). The fraction of sp³-hybridized carbons (Fsp3) is 0.280. The smallest absolute Gasteiger partial charge is 0.357 e. The Morgan fingerprint density at radius 1 is 1.09 bits per heavy atom. The third kappa shape index (κ3) is 6.09. The summed E-state index contributed by atoms with van der Waals surface area (Å²) in [5, 5.41) is 2.59. The second-order valence-electron chi connectivity index (χ2n) is 7.85. The molecule has 9 heteroatoms. The first-order chi connectivity index (χ1) is 16.1. The number of hydrogen-bond acceptors (Lipinski definition) is 3. The maximum Gasteiger partial charge on any atom is 0.433 e. The average molecular weight is 477 g/mol. The van der Waals surface area contributed by atoms with Gasteiger partial charge in [-0.25, -0.2) is 8.78 Å². The summed E-state index contributed by atoms with van der Waals surface area (Å²) in [6.07, 6.45) is -2.49. The number of anilines is 1. The van der Waals surface area contributed by atoms with E-state index < -0.39 is 29.5 Å². The van der Waals surface area contributed by atoms with E-state index in [2.05, 4.69) is 10.3 Å². The van der Waals surface area contributed by atoms with Crippen molar-refractivity contribution in [3.05, 3.63) is 94.8 Å². The molecule has 0 radical (unpaired) electrons. The van der Waals surface area contributed by atoms with E-state index in [-0.39, 0.29) is 5.91 Å². The molecule has 3 aromatic rings. The van der Waals surface area contributed by atoms with Crippen LogP contribution in [0.3, 0.4) is 0 Å². The summed E-state index contributed by atoms with van der Waals surface area (Å²) in [5.74, 6) is -1.29. The number of benzene rings is 2. The Kier molecular flexibility index (Phi) is 7.86. The Morgan fingerprint density at radius 2 is 1.85 bits per heavy atom. The lowest BCUT2D eigenvalue weighted by atomic mass is 10.0. The standard InChI is InChI=1S/C25H24F5N3O/c1-16-13-20(9-10-21(16)27)33(23(24(34)31-2)18-6-3-7-19(26)14-18)12-4-5-17-8-11-22(32-15-17)25(28,29)30/h3,6-11,13-15,23H,4-5,12H2,1-2H3,(H,31,34)/t23-/m1/s1. The van der Waals surface area contributed by atoms with Crippen molar-refractivity contribution < 1.29 is 26.7 Å². The molecule has 0 saturated carbocycles. The van der Waals surface area contributed by atoms with Crippen LogP contribution in [-0.2, 0) is 17.4 Å². The molecule has 2 aromatic carbocycles. The summed E-state index contributed by atoms with van der Waals surface area (Å²) in [6.45, 7) is 1.89. The summed E-state index contributed by atoms with van der Waals surface area (Å²) in [6, 6.07) is 11.5. The molecule has 180 valence electrons. The zero-order valence-corrected chi connectivity index (χ0v) is 18.7. The quantitative estimate of drug-likeness (QED) is 0.429. The summed E-state index contributed by atoms with van der Waals surface area (Å²) in [7, 11) is 1.47. The largest absolute Gasteiger partial charge is 0.433 e. The van der Waals surface area contributed by atoms with E-state index in [4.69, 9.17) is 0 Å². The lowest BCUT2D eigenvalue weighted by molar-refractivity contribution is -0.141. The number of alkyl halides is 3. The molecule has 1 N–H and O–H groups in total. The van der Waals surface area contributed by atoms with Gasteiger partial charge in [-0.1, -0.05) is 18.2 Å². The number of nitrogens with zero attached hydrogens (tertiary/aromatic N) is 2. The molecule has 0 unspecified atom stereocenters. The van der Waals surface area contributed by atoms with Gasteiger partial charge in [0.2, 0.25) is 5.91 Å². The molecule has 1 heterocycles. The van der Waals surface area contributed by atoms with Crippen molar-refractivity contribution in [1.29, 1.82) is 0 Å². The summed E-state index contributed by atoms with van der Waals surface area (Å²) >= 11 is 0. The van der Waals surface area contributed by atoms with E-state index in [0.717, 1.165) is 6.07 Å². The van der Waals surface area contributed by atoms with Crippen LogP contribution in [0.25, 0.3) is 0 Å². The van der Waals surface area contributed by atoms with E-state index in [1.165, 1.54) is 49.6 Å². The second kappa shape index (κ2) is 10.6. The molecular weight excluding hydrogens is 453 g/mol. The van der Waals surface area contributed by atoms with Crippen molar-refractivity contribution in [3.63, 3.8) is 0 Å². The minimum absolute atomic E-state index is 0.292. The summed E-state index contributed by atoms with van der Waals surface area (Å²) in [4.78, 5) is 18.1. The number of aryl methyl sites for hydroxylation is 2. The first-order valence-electron chi connectivity index (χ1n) is 10.6. The van der Waals surface area contributed by atoms with Crippen molar-refractivity contribution in [2.75, 3.05) is 18.5 Å². The highest BCUT2D eigenvalue weighted by atomic mass is 19.4. The predicted octanol–water partition coefficient (Wildman–Crippen LogP) is 5.61. The molecule has 4 nitrogen and oxygen atoms in total. The van der Waals surface area contributed by atoms with Gasteiger partial charge in [-0.3, -0.25) is 9.78 Å². The molecule has 0 saturated heterocycles. The van der Waals surface area contributed by atoms with Crippen LogP contribution in [0.5, 0.6) is 0 Å². The highest BCUT2D eigenvalue weighted by molar-refractivity contribution is 5.86. The van der Waals surface area contributed by atoms with Crippen LogP contribution in [0.2, 0.25) is 0 Å². The van der Waals surface area contributed by atoms with Gasteiger partial charge in [0.1, 0.15) is 23.4 Å². The number of amides is 1. The second-order valence-corrected chi connectivity index (χ2v) is 7.85. The van der Waals surface area contributed by atoms with Crippen LogP contribution in [0, 0.1) is 18.6 Å². The van der Waals surface area contributed by atoms with Gasteiger partial charge in [0, 0.05) is 25.5 Å². The summed E-state index contributed by atoms with van der Waals surface area (Å²) in [5.41, 5.74) is 0.986. The lowest BCUT2D eigenvalue weighted by Crippen LogP contribution is -2.40. The number of carbonyl (C=O) groups is 1. The molecule has 1 atom stereocenters. The normalized spacial score (nSPS) is 12.3. The lowest BCUT2D eigenvalue weighted by Gasteiger charge is -2.33. The van der Waals surface area contributed by atoms with Gasteiger partial charge in [0.05, 0.1) is 0 Å². The SMILES string of the molecule is CNC(=O)[C@@H](c1cccc(F)c1)N(CCCc1ccc(C(F)(F)F)nc1)c1ccc(F)c(C)c1. The molecular formula is C25H24F5N3O. The number of pyridine rings is 1. The molecule has 0 spiro atoms. The van der Waals surface area contributed by atoms with Crippen molar-refractivity contribution in [3.8, 4) is 0 Å². The zero-order valence-electron chi connectivity index (χ0n) is 18.7. The number of hydrogen-bond donors (Lipinski definition) is 1. The van der Waals surface area contributed by atoms with Gasteiger partial charge in [0.15, 0.2) is 0 Å². The van der Waals surface area contributed by atoms with Gasteiger partial charge in [0.25, 0.3) is 0 Å². The minimum Gasteiger partial charge on any atom is -0.357 e. The number of aromatic nitrogens is 1. The maximum absolute atomic E-state index is 14.0. The fourth-order valence-electron chi connectivity index (χ4n) is 3.69. The van der Waals surface area contributed by atoms with Crippen molar-refractivity contribution in [2.45, 2.75) is 32.0 Å². The number of likely N-dealkylation sites (N-methyl/N-ethyl adjacent to an activating group) is 1. The van der Waals surface area contributed by atoms with E-state index in [1.54, 1.807) is 24.0 Å². The van der Waals surface area contributed by atoms with E-state index in [0.29, 0.717) is 41.8 Å². The van der Waals surface area contributed by atoms with Crippen molar-refractivity contribution >= 4 is 11.6 Å². The van der Waals surface area contributed by atoms with Gasteiger partial charge >= 0.3 is 6.18 Å². The van der Waals surface area contributed by atoms with Crippen LogP contribution in [0.15, 0.2) is 60.8 Å². The van der Waals surface area contributed by atoms with Gasteiger partial charge < -0.3 is 10.2 Å². The molecule has 0 bridgehead atoms. The molecule has 1 aromatic heterocycles. The third-order valence-electron chi connectivity index (χ3n) is 5.42. The molecule has 34 heavy (non-hydrogen) atoms. The van der Waals surface area contributed by atoms with Gasteiger partial charge in [-0.15, -0.1) is 0 Å². The minimum atomic E-state index is -4.51. The predicted molar refractivity (Wildman–Crippen MR) is 119 cm³/mol. The monoisotopic (exact) mass is 477 g/mol. The molecule has 0 aliphatic heterocycles. The number of rotatable bonds is 8. The van der Waals surface area contributed by atoms with Gasteiger partial charge in [-0.05, 0) is 72.9 Å². The Bertz CT molecular complexity index is 1130. The molecule has 0 aliphatic carbocycles. The topological polar surface area (TPSA) is 45.2 Å². The Morgan fingerprint density at radius 3 is 2.44 bits per heavy atom. The Balaban J connectivity index is 1.90. The highest BCUT2D eigenvalue weighted by Crippen LogP contribution is 2.30. The number of carbonyl (C=O) groups excluding carboxylic acids is 1. The van der Waals surface area contributed by atoms with Crippen molar-refractivity contribution in [1.82, 2.24) is 10.3 Å². The van der Waals surface area contributed by atoms with E-state index >= 15 is 0 Å². The third-order valence-corrected chi connectivity index (χ3v) is 5.42. The zero-order chi connectivity index (χ0) is 24.9. The number of nitrogens with one attached hydrogen (secondary N) is 1. The Hall–Kier alpha value is -3.49. The highest BCUT2D eigenvalue weighted by Gasteiger charge is 2.32. The van der Waals surface area contributed by atoms with Crippen LogP contribution < -0.4 is 10.2 Å². The summed E-state index contributed by atoms with van der Waals surface area (Å²) < 4.78 is 66.2. The fourth-order valence-corrected chi connectivity index (χ4v) is 3.69. The van der Waals surface area contributed by atoms with Crippen LogP contribution in [0.1, 0.15) is 34.8 Å². The molecule has 1 amide bonds. The number of halogens is 5. The van der Waals surface area contributed by atoms with Crippen LogP contribution in [-0.4, -0.2) is 24.5 Å². The molecule has 0 fully saturated rings.